The maximum Gasteiger partial charge on any atom is 0.281 e. The number of ether oxygens (including phenoxy) is 1. The molecular formula is C10H23N3O3S. The summed E-state index contributed by atoms with van der Waals surface area (Å²) in [4.78, 5) is 0. The van der Waals surface area contributed by atoms with Crippen molar-refractivity contribution < 1.29 is 13.2 Å². The molecule has 0 saturated carbocycles. The van der Waals surface area contributed by atoms with Crippen LogP contribution < -0.4 is 5.32 Å². The molecular weight excluding hydrogens is 242 g/mol. The molecule has 1 aliphatic heterocycles. The molecule has 0 aromatic heterocycles. The van der Waals surface area contributed by atoms with E-state index >= 15 is 0 Å². The predicted octanol–water partition coefficient (Wildman–Crippen LogP) is -0.507. The lowest BCUT2D eigenvalue weighted by atomic mass is 10.4. The number of rotatable bonds is 6. The molecule has 7 heteroatoms. The van der Waals surface area contributed by atoms with Gasteiger partial charge in [-0.1, -0.05) is 0 Å². The first-order valence-corrected chi connectivity index (χ1v) is 7.38. The highest BCUT2D eigenvalue weighted by molar-refractivity contribution is 7.86. The topological polar surface area (TPSA) is 61.9 Å². The number of piperazine rings is 1. The van der Waals surface area contributed by atoms with Gasteiger partial charge in [0.15, 0.2) is 0 Å². The van der Waals surface area contributed by atoms with Crippen LogP contribution in [-0.2, 0) is 14.9 Å². The molecule has 0 spiro atoms. The van der Waals surface area contributed by atoms with Crippen molar-refractivity contribution in [2.75, 3.05) is 46.4 Å². The molecule has 0 unspecified atom stereocenters. The van der Waals surface area contributed by atoms with Gasteiger partial charge < -0.3 is 10.1 Å². The van der Waals surface area contributed by atoms with Crippen LogP contribution in [-0.4, -0.2) is 69.5 Å². The van der Waals surface area contributed by atoms with E-state index in [0.29, 0.717) is 26.2 Å². The molecule has 1 fully saturated rings. The van der Waals surface area contributed by atoms with Gasteiger partial charge in [-0.2, -0.15) is 17.0 Å². The Morgan fingerprint density at radius 2 is 1.94 bits per heavy atom. The standard InChI is InChI=1S/C10H23N3O3S/c1-10(2)16-9-8-12(3)17(14,15)13-6-4-11-5-7-13/h10-11H,4-9H2,1-3H3. The van der Waals surface area contributed by atoms with Gasteiger partial charge in [-0.05, 0) is 13.8 Å². The van der Waals surface area contributed by atoms with Crippen LogP contribution in [0.15, 0.2) is 0 Å². The third-order valence-electron chi connectivity index (χ3n) is 2.65. The van der Waals surface area contributed by atoms with Gasteiger partial charge in [0.1, 0.15) is 0 Å². The zero-order chi connectivity index (χ0) is 12.9. The van der Waals surface area contributed by atoms with Crippen LogP contribution in [0.1, 0.15) is 13.8 Å². The second kappa shape index (κ2) is 6.65. The van der Waals surface area contributed by atoms with E-state index in [0.717, 1.165) is 13.1 Å². The Morgan fingerprint density at radius 3 is 2.47 bits per heavy atom. The number of likely N-dealkylation sites (N-methyl/N-ethyl adjacent to an activating group) is 1. The van der Waals surface area contributed by atoms with E-state index in [1.165, 1.54) is 8.61 Å². The van der Waals surface area contributed by atoms with Gasteiger partial charge in [0.25, 0.3) is 10.2 Å². The Labute approximate surface area is 104 Å². The molecule has 0 aromatic carbocycles. The Bertz CT molecular complexity index is 313. The van der Waals surface area contributed by atoms with Crippen LogP contribution in [0.3, 0.4) is 0 Å². The molecule has 6 nitrogen and oxygen atoms in total. The van der Waals surface area contributed by atoms with Gasteiger partial charge in [-0.3, -0.25) is 0 Å². The average Bonchev–Trinajstić information content (AvgIpc) is 2.29. The number of nitrogens with one attached hydrogen (secondary N) is 1. The lowest BCUT2D eigenvalue weighted by molar-refractivity contribution is 0.0729. The molecule has 0 atom stereocenters. The largest absolute Gasteiger partial charge is 0.377 e. The van der Waals surface area contributed by atoms with Crippen LogP contribution >= 0.6 is 0 Å². The van der Waals surface area contributed by atoms with Crippen molar-refractivity contribution in [2.45, 2.75) is 20.0 Å². The van der Waals surface area contributed by atoms with E-state index in [4.69, 9.17) is 4.74 Å². The molecule has 17 heavy (non-hydrogen) atoms. The van der Waals surface area contributed by atoms with Crippen molar-refractivity contribution in [3.05, 3.63) is 0 Å². The van der Waals surface area contributed by atoms with Crippen LogP contribution in [0.4, 0.5) is 0 Å². The molecule has 0 aliphatic carbocycles. The van der Waals surface area contributed by atoms with Gasteiger partial charge in [0, 0.05) is 39.8 Å². The lowest BCUT2D eigenvalue weighted by Crippen LogP contribution is -2.51. The van der Waals surface area contributed by atoms with Crippen molar-refractivity contribution in [2.24, 2.45) is 0 Å². The van der Waals surface area contributed by atoms with Crippen molar-refractivity contribution in [1.82, 2.24) is 13.9 Å². The highest BCUT2D eigenvalue weighted by Crippen LogP contribution is 2.07. The van der Waals surface area contributed by atoms with E-state index in [1.807, 2.05) is 13.8 Å². The van der Waals surface area contributed by atoms with E-state index < -0.39 is 10.2 Å². The summed E-state index contributed by atoms with van der Waals surface area (Å²) in [7, 11) is -1.72. The molecule has 102 valence electrons. The summed E-state index contributed by atoms with van der Waals surface area (Å²) >= 11 is 0. The number of hydrogen-bond acceptors (Lipinski definition) is 4. The molecule has 1 saturated heterocycles. The smallest absolute Gasteiger partial charge is 0.281 e. The fourth-order valence-corrected chi connectivity index (χ4v) is 2.95. The molecule has 0 amide bonds. The van der Waals surface area contributed by atoms with E-state index in [1.54, 1.807) is 7.05 Å². The first-order valence-electron chi connectivity index (χ1n) is 5.98. The normalized spacial score (nSPS) is 19.1. The summed E-state index contributed by atoms with van der Waals surface area (Å²) in [5, 5.41) is 3.13. The van der Waals surface area contributed by atoms with Crippen molar-refractivity contribution >= 4 is 10.2 Å². The monoisotopic (exact) mass is 265 g/mol. The number of hydrogen-bond donors (Lipinski definition) is 1. The summed E-state index contributed by atoms with van der Waals surface area (Å²) < 4.78 is 32.5. The van der Waals surface area contributed by atoms with Crippen LogP contribution in [0.25, 0.3) is 0 Å². The van der Waals surface area contributed by atoms with E-state index in [2.05, 4.69) is 5.32 Å². The van der Waals surface area contributed by atoms with Crippen LogP contribution in [0.5, 0.6) is 0 Å². The van der Waals surface area contributed by atoms with Crippen LogP contribution in [0, 0.1) is 0 Å². The summed E-state index contributed by atoms with van der Waals surface area (Å²) in [5.41, 5.74) is 0. The van der Waals surface area contributed by atoms with Crippen LogP contribution in [0.2, 0.25) is 0 Å². The molecule has 1 aliphatic rings. The van der Waals surface area contributed by atoms with Crippen molar-refractivity contribution in [1.29, 1.82) is 0 Å². The van der Waals surface area contributed by atoms with Gasteiger partial charge in [-0.15, -0.1) is 0 Å². The quantitative estimate of drug-likeness (QED) is 0.703. The summed E-state index contributed by atoms with van der Waals surface area (Å²) in [6.45, 7) is 7.21. The Hall–Kier alpha value is -0.210. The Balaban J connectivity index is 2.45. The Kier molecular flexibility index (Phi) is 5.81. The maximum absolute atomic E-state index is 12.1. The van der Waals surface area contributed by atoms with Gasteiger partial charge in [0.2, 0.25) is 0 Å². The first kappa shape index (κ1) is 14.8. The third-order valence-corrected chi connectivity index (χ3v) is 4.64. The highest BCUT2D eigenvalue weighted by atomic mass is 32.2. The van der Waals surface area contributed by atoms with Crippen molar-refractivity contribution in [3.8, 4) is 0 Å². The highest BCUT2D eigenvalue weighted by Gasteiger charge is 2.27. The Morgan fingerprint density at radius 1 is 1.35 bits per heavy atom. The molecule has 0 aromatic rings. The molecule has 1 heterocycles. The molecule has 1 rings (SSSR count). The summed E-state index contributed by atoms with van der Waals surface area (Å²) in [6, 6.07) is 0. The van der Waals surface area contributed by atoms with Gasteiger partial charge in [0.05, 0.1) is 12.7 Å². The number of nitrogens with zero attached hydrogens (tertiary/aromatic N) is 2. The van der Waals surface area contributed by atoms with Gasteiger partial charge in [-0.25, -0.2) is 0 Å². The maximum atomic E-state index is 12.1. The SMILES string of the molecule is CC(C)OCCN(C)S(=O)(=O)N1CCNCC1. The minimum absolute atomic E-state index is 0.130. The second-order valence-corrected chi connectivity index (χ2v) is 6.43. The molecule has 0 radical (unpaired) electrons. The second-order valence-electron chi connectivity index (χ2n) is 4.40. The molecule has 1 N–H and O–H groups in total. The third kappa shape index (κ3) is 4.51. The average molecular weight is 265 g/mol. The zero-order valence-corrected chi connectivity index (χ0v) is 11.7. The van der Waals surface area contributed by atoms with Gasteiger partial charge >= 0.3 is 0 Å². The first-order chi connectivity index (χ1) is 7.94. The van der Waals surface area contributed by atoms with Crippen molar-refractivity contribution in [3.63, 3.8) is 0 Å². The lowest BCUT2D eigenvalue weighted by Gasteiger charge is -2.30. The van der Waals surface area contributed by atoms with E-state index in [9.17, 15) is 8.42 Å². The summed E-state index contributed by atoms with van der Waals surface area (Å²) in [6.07, 6.45) is 0.130. The fourth-order valence-electron chi connectivity index (χ4n) is 1.60. The van der Waals surface area contributed by atoms with E-state index in [-0.39, 0.29) is 6.10 Å². The molecule has 0 bridgehead atoms. The fraction of sp³-hybridized carbons (Fsp3) is 1.00. The minimum Gasteiger partial charge on any atom is -0.377 e. The summed E-state index contributed by atoms with van der Waals surface area (Å²) in [5.74, 6) is 0. The minimum atomic E-state index is -3.31. The zero-order valence-electron chi connectivity index (χ0n) is 10.8. The predicted molar refractivity (Wildman–Crippen MR) is 67.1 cm³/mol.